The Morgan fingerprint density at radius 3 is 2.48 bits per heavy atom. The van der Waals surface area contributed by atoms with Crippen LogP contribution >= 0.6 is 0 Å². The number of ether oxygens (including phenoxy) is 1. The van der Waals surface area contributed by atoms with Gasteiger partial charge < -0.3 is 25.8 Å². The third-order valence-electron chi connectivity index (χ3n) is 4.89. The van der Waals surface area contributed by atoms with Gasteiger partial charge in [0.25, 0.3) is 10.1 Å². The first-order chi connectivity index (χ1) is 17.5. The fourth-order valence-electron chi connectivity index (χ4n) is 3.29. The van der Waals surface area contributed by atoms with Gasteiger partial charge in [-0.25, -0.2) is 4.79 Å². The molecule has 1 aromatic rings. The summed E-state index contributed by atoms with van der Waals surface area (Å²) < 4.78 is 76.2. The largest absolute Gasteiger partial charge is 0.445 e. The van der Waals surface area contributed by atoms with Crippen LogP contribution in [-0.2, 0) is 31.1 Å². The minimum absolute atomic E-state index is 0.0359. The number of carbonyl (C=O) groups is 3. The Kier molecular flexibility index (Phi) is 7.15. The number of aliphatic hydroxyl groups is 1. The number of amides is 3. The molecule has 1 saturated heterocycles. The zero-order chi connectivity index (χ0) is 28.9. The molecule has 0 spiro atoms. The SMILES string of the molecule is [2H]c1c([2H])c([2H])c(COC(=O)N[C@@H](CC(C)C)C(=O)N[C@@H](C[C@@H]2CCNC2=O)C(O)S(=O)(=O)O)c([2H])c1[2H]. The number of hydrogen-bond donors (Lipinski definition) is 5. The van der Waals surface area contributed by atoms with Gasteiger partial charge in [0.2, 0.25) is 17.3 Å². The maximum atomic E-state index is 13.0. The second kappa shape index (κ2) is 12.0. The van der Waals surface area contributed by atoms with Crippen molar-refractivity contribution >= 4 is 28.0 Å². The van der Waals surface area contributed by atoms with Gasteiger partial charge in [-0.1, -0.05) is 44.1 Å². The molecule has 3 amide bonds. The lowest BCUT2D eigenvalue weighted by Crippen LogP contribution is -2.54. The molecular formula is C21H31N3O8S. The number of alkyl carbamates (subject to hydrolysis) is 1. The van der Waals surface area contributed by atoms with E-state index in [4.69, 9.17) is 11.6 Å². The maximum Gasteiger partial charge on any atom is 0.408 e. The Bertz CT molecular complexity index is 1150. The van der Waals surface area contributed by atoms with E-state index < -0.39 is 88.3 Å². The number of aliphatic hydroxyl groups excluding tert-OH is 1. The maximum absolute atomic E-state index is 13.0. The minimum atomic E-state index is -5.02. The molecule has 11 nitrogen and oxygen atoms in total. The van der Waals surface area contributed by atoms with Gasteiger partial charge >= 0.3 is 6.09 Å². The fraction of sp³-hybridized carbons (Fsp3) is 0.571. The summed E-state index contributed by atoms with van der Waals surface area (Å²) in [7, 11) is -5.02. The van der Waals surface area contributed by atoms with Crippen molar-refractivity contribution in [3.63, 3.8) is 0 Å². The van der Waals surface area contributed by atoms with Crippen molar-refractivity contribution in [3.05, 3.63) is 35.8 Å². The third-order valence-corrected chi connectivity index (χ3v) is 5.83. The average Bonchev–Trinajstić information content (AvgIpc) is 3.23. The smallest absolute Gasteiger partial charge is 0.408 e. The minimum Gasteiger partial charge on any atom is -0.445 e. The van der Waals surface area contributed by atoms with E-state index in [1.54, 1.807) is 13.8 Å². The molecule has 33 heavy (non-hydrogen) atoms. The van der Waals surface area contributed by atoms with Gasteiger partial charge in [0.15, 0.2) is 0 Å². The first-order valence-corrected chi connectivity index (χ1v) is 11.8. The molecule has 12 heteroatoms. The van der Waals surface area contributed by atoms with E-state index in [2.05, 4.69) is 16.0 Å². The van der Waals surface area contributed by atoms with Gasteiger partial charge in [0.05, 0.1) is 12.9 Å². The van der Waals surface area contributed by atoms with Gasteiger partial charge in [-0.3, -0.25) is 14.1 Å². The molecule has 0 saturated carbocycles. The Balaban J connectivity index is 2.17. The van der Waals surface area contributed by atoms with Crippen LogP contribution in [0.3, 0.4) is 0 Å². The molecule has 5 N–H and O–H groups in total. The third kappa shape index (κ3) is 8.63. The first-order valence-electron chi connectivity index (χ1n) is 12.8. The summed E-state index contributed by atoms with van der Waals surface area (Å²) in [6, 6.07) is -5.83. The lowest BCUT2D eigenvalue weighted by molar-refractivity contribution is -0.126. The van der Waals surface area contributed by atoms with E-state index >= 15 is 0 Å². The topological polar surface area (TPSA) is 171 Å². The molecule has 1 aliphatic heterocycles. The van der Waals surface area contributed by atoms with Crippen LogP contribution in [0.4, 0.5) is 4.79 Å². The van der Waals surface area contributed by atoms with Gasteiger partial charge in [-0.05, 0) is 30.7 Å². The molecule has 0 bridgehead atoms. The van der Waals surface area contributed by atoms with Gasteiger partial charge in [0, 0.05) is 12.5 Å². The van der Waals surface area contributed by atoms with Crippen molar-refractivity contribution in [2.45, 2.75) is 57.2 Å². The predicted molar refractivity (Wildman–Crippen MR) is 118 cm³/mol. The van der Waals surface area contributed by atoms with Crippen molar-refractivity contribution in [1.29, 1.82) is 0 Å². The van der Waals surface area contributed by atoms with E-state index in [1.807, 2.05) is 0 Å². The number of nitrogens with one attached hydrogen (secondary N) is 3. The highest BCUT2D eigenvalue weighted by Crippen LogP contribution is 2.20. The quantitative estimate of drug-likeness (QED) is 0.280. The zero-order valence-corrected chi connectivity index (χ0v) is 19.0. The van der Waals surface area contributed by atoms with E-state index in [1.165, 1.54) is 0 Å². The van der Waals surface area contributed by atoms with Gasteiger partial charge in [-0.2, -0.15) is 8.42 Å². The molecule has 184 valence electrons. The number of carbonyl (C=O) groups excluding carboxylic acids is 3. The molecule has 1 unspecified atom stereocenters. The predicted octanol–water partition coefficient (Wildman–Crippen LogP) is 0.545. The zero-order valence-electron chi connectivity index (χ0n) is 23.2. The molecule has 0 aliphatic carbocycles. The number of benzene rings is 1. The number of hydrogen-bond acceptors (Lipinski definition) is 7. The van der Waals surface area contributed by atoms with Crippen molar-refractivity contribution < 1.29 is 44.1 Å². The summed E-state index contributed by atoms with van der Waals surface area (Å²) in [6.45, 7) is 3.09. The molecule has 2 rings (SSSR count). The Hall–Kier alpha value is -2.70. The molecule has 1 fully saturated rings. The Morgan fingerprint density at radius 1 is 1.27 bits per heavy atom. The first kappa shape index (κ1) is 19.7. The molecular weight excluding hydrogens is 454 g/mol. The average molecular weight is 491 g/mol. The van der Waals surface area contributed by atoms with Crippen LogP contribution in [0.2, 0.25) is 0 Å². The fourth-order valence-corrected chi connectivity index (χ4v) is 3.88. The normalized spacial score (nSPS) is 20.9. The highest BCUT2D eigenvalue weighted by atomic mass is 32.2. The monoisotopic (exact) mass is 490 g/mol. The molecule has 4 atom stereocenters. The molecule has 1 aliphatic rings. The van der Waals surface area contributed by atoms with Crippen molar-refractivity contribution in [3.8, 4) is 0 Å². The lowest BCUT2D eigenvalue weighted by Gasteiger charge is -2.27. The summed E-state index contributed by atoms with van der Waals surface area (Å²) in [5, 5.41) is 17.3. The Morgan fingerprint density at radius 2 is 1.94 bits per heavy atom. The van der Waals surface area contributed by atoms with Crippen LogP contribution in [0, 0.1) is 11.8 Å². The van der Waals surface area contributed by atoms with Gasteiger partial charge in [0.1, 0.15) is 12.6 Å². The summed E-state index contributed by atoms with van der Waals surface area (Å²) in [6.07, 6.45) is -1.11. The summed E-state index contributed by atoms with van der Waals surface area (Å²) in [4.78, 5) is 37.4. The van der Waals surface area contributed by atoms with Crippen LogP contribution in [0.1, 0.15) is 45.5 Å². The summed E-state index contributed by atoms with van der Waals surface area (Å²) in [5.41, 5.74) is -2.71. The van der Waals surface area contributed by atoms with Gasteiger partial charge in [-0.15, -0.1) is 0 Å². The molecule has 0 radical (unpaired) electrons. The van der Waals surface area contributed by atoms with Crippen LogP contribution in [0.15, 0.2) is 30.2 Å². The highest BCUT2D eigenvalue weighted by Gasteiger charge is 2.37. The van der Waals surface area contributed by atoms with Crippen molar-refractivity contribution in [2.75, 3.05) is 6.54 Å². The van der Waals surface area contributed by atoms with E-state index in [0.717, 1.165) is 0 Å². The lowest BCUT2D eigenvalue weighted by atomic mass is 9.97. The summed E-state index contributed by atoms with van der Waals surface area (Å²) in [5.74, 6) is -2.22. The van der Waals surface area contributed by atoms with Crippen LogP contribution in [0.25, 0.3) is 0 Å². The molecule has 1 aromatic carbocycles. The van der Waals surface area contributed by atoms with Crippen molar-refractivity contribution in [1.82, 2.24) is 16.0 Å². The molecule has 1 heterocycles. The Labute approximate surface area is 200 Å². The summed E-state index contributed by atoms with van der Waals surface area (Å²) >= 11 is 0. The van der Waals surface area contributed by atoms with E-state index in [9.17, 15) is 32.5 Å². The van der Waals surface area contributed by atoms with E-state index in [0.29, 0.717) is 13.0 Å². The van der Waals surface area contributed by atoms with E-state index in [-0.39, 0.29) is 24.3 Å². The van der Waals surface area contributed by atoms with Crippen LogP contribution < -0.4 is 16.0 Å². The second-order valence-electron chi connectivity index (χ2n) is 8.04. The standard InChI is InChI=1S/C21H31N3O8S/c1-13(2)10-16(24-21(28)32-12-14-6-4-3-5-7-14)19(26)23-17(20(27)33(29,30)31)11-15-8-9-22-18(15)25/h3-7,13,15-17,20,27H,8-12H2,1-2H3,(H,22,25)(H,23,26)(H,24,28)(H,29,30,31)/t15-,16-,17-,20?/m0/s1/i3D,4D,5D,6D,7D. The highest BCUT2D eigenvalue weighted by molar-refractivity contribution is 7.86. The van der Waals surface area contributed by atoms with Crippen LogP contribution in [0.5, 0.6) is 0 Å². The van der Waals surface area contributed by atoms with Crippen LogP contribution in [-0.4, -0.2) is 60.0 Å². The molecule has 0 aromatic heterocycles. The second-order valence-corrected chi connectivity index (χ2v) is 9.55. The van der Waals surface area contributed by atoms with Crippen molar-refractivity contribution in [2.24, 2.45) is 11.8 Å². The number of rotatable bonds is 11.